The van der Waals surface area contributed by atoms with Crippen molar-refractivity contribution in [2.24, 2.45) is 0 Å². The molecule has 1 atom stereocenters. The molecule has 1 saturated heterocycles. The molecule has 9 nitrogen and oxygen atoms in total. The third kappa shape index (κ3) is 5.31. The molecule has 1 N–H and O–H groups in total. The first-order valence-corrected chi connectivity index (χ1v) is 12.0. The van der Waals surface area contributed by atoms with E-state index in [-0.39, 0.29) is 35.3 Å². The number of aryl methyl sites for hydroxylation is 1. The number of esters is 1. The summed E-state index contributed by atoms with van der Waals surface area (Å²) in [6.45, 7) is 5.38. The van der Waals surface area contributed by atoms with E-state index >= 15 is 0 Å². The van der Waals surface area contributed by atoms with Gasteiger partial charge in [-0.05, 0) is 44.0 Å². The number of carbonyl (C=O) groups is 3. The van der Waals surface area contributed by atoms with Crippen LogP contribution in [0.5, 0.6) is 0 Å². The highest BCUT2D eigenvalue weighted by atomic mass is 16.6. The van der Waals surface area contributed by atoms with Crippen LogP contribution >= 0.6 is 0 Å². The number of carbonyl (C=O) groups excluding carboxylic acids is 3. The molecule has 0 aromatic heterocycles. The number of ketones is 1. The van der Waals surface area contributed by atoms with Crippen LogP contribution in [-0.2, 0) is 25.5 Å². The molecule has 194 valence electrons. The van der Waals surface area contributed by atoms with Crippen LogP contribution in [0.1, 0.15) is 42.1 Å². The summed E-state index contributed by atoms with van der Waals surface area (Å²) >= 11 is 0. The summed E-state index contributed by atoms with van der Waals surface area (Å²) in [5, 5.41) is 22.5. The van der Waals surface area contributed by atoms with Gasteiger partial charge in [-0.25, -0.2) is 0 Å². The molecule has 3 aromatic carbocycles. The maximum Gasteiger partial charge on any atom is 0.310 e. The molecule has 1 aliphatic rings. The number of hydrogen-bond donors (Lipinski definition) is 1. The minimum atomic E-state index is -0.981. The summed E-state index contributed by atoms with van der Waals surface area (Å²) in [6.07, 6.45) is -0.195. The fraction of sp³-hybridized carbons (Fsp3) is 0.207. The van der Waals surface area contributed by atoms with Crippen molar-refractivity contribution in [1.29, 1.82) is 0 Å². The summed E-state index contributed by atoms with van der Waals surface area (Å²) in [5.41, 5.74) is 2.13. The molecule has 1 fully saturated rings. The summed E-state index contributed by atoms with van der Waals surface area (Å²) in [4.78, 5) is 50.6. The third-order valence-corrected chi connectivity index (χ3v) is 6.06. The van der Waals surface area contributed by atoms with Crippen molar-refractivity contribution in [2.75, 3.05) is 4.90 Å². The zero-order valence-electron chi connectivity index (χ0n) is 21.1. The van der Waals surface area contributed by atoms with Crippen molar-refractivity contribution in [3.8, 4) is 0 Å². The molecule has 3 aromatic rings. The van der Waals surface area contributed by atoms with Crippen molar-refractivity contribution in [1.82, 2.24) is 0 Å². The van der Waals surface area contributed by atoms with Gasteiger partial charge < -0.3 is 9.84 Å². The maximum absolute atomic E-state index is 13.3. The fourth-order valence-electron chi connectivity index (χ4n) is 4.42. The standard InChI is InChI=1S/C29H26N2O7/c1-17(2)38-24(32)15-19-10-12-22(13-11-19)30-26(20-7-4-6-18(3)14-20)25(28(34)29(30)35)27(33)21-8-5-9-23(16-21)31(36)37/h4-14,16-17,26,33H,15H2,1-3H3/b27-25-. The number of non-ortho nitro benzene ring substituents is 1. The predicted octanol–water partition coefficient (Wildman–Crippen LogP) is 5.02. The Morgan fingerprint density at radius 2 is 1.74 bits per heavy atom. The Morgan fingerprint density at radius 3 is 2.37 bits per heavy atom. The Balaban J connectivity index is 1.81. The normalized spacial score (nSPS) is 16.6. The van der Waals surface area contributed by atoms with Crippen LogP contribution in [0.4, 0.5) is 11.4 Å². The average Bonchev–Trinajstić information content (AvgIpc) is 3.14. The molecular weight excluding hydrogens is 488 g/mol. The number of aliphatic hydroxyl groups excluding tert-OH is 1. The molecule has 0 bridgehead atoms. The van der Waals surface area contributed by atoms with Crippen LogP contribution < -0.4 is 4.90 Å². The summed E-state index contributed by atoms with van der Waals surface area (Å²) < 4.78 is 5.18. The summed E-state index contributed by atoms with van der Waals surface area (Å²) in [7, 11) is 0. The number of aliphatic hydroxyl groups is 1. The quantitative estimate of drug-likeness (QED) is 0.117. The highest BCUT2D eigenvalue weighted by Crippen LogP contribution is 2.42. The highest BCUT2D eigenvalue weighted by molar-refractivity contribution is 6.51. The van der Waals surface area contributed by atoms with Crippen LogP contribution in [0, 0.1) is 17.0 Å². The average molecular weight is 515 g/mol. The number of benzene rings is 3. The number of anilines is 1. The van der Waals surface area contributed by atoms with Crippen molar-refractivity contribution < 1.29 is 29.2 Å². The van der Waals surface area contributed by atoms with E-state index < -0.39 is 28.4 Å². The number of nitro benzene ring substituents is 1. The third-order valence-electron chi connectivity index (χ3n) is 6.06. The van der Waals surface area contributed by atoms with Gasteiger partial charge in [0, 0.05) is 23.4 Å². The van der Waals surface area contributed by atoms with E-state index in [1.807, 2.05) is 13.0 Å². The van der Waals surface area contributed by atoms with Gasteiger partial charge in [0.25, 0.3) is 17.4 Å². The molecule has 9 heteroatoms. The minimum absolute atomic E-state index is 0.0470. The van der Waals surface area contributed by atoms with Crippen LogP contribution in [-0.4, -0.2) is 33.8 Å². The van der Waals surface area contributed by atoms with Gasteiger partial charge in [0.2, 0.25) is 0 Å². The number of ether oxygens (including phenoxy) is 1. The molecule has 0 saturated carbocycles. The molecule has 0 aliphatic carbocycles. The molecule has 0 spiro atoms. The van der Waals surface area contributed by atoms with Crippen LogP contribution in [0.25, 0.3) is 5.76 Å². The molecule has 0 radical (unpaired) electrons. The lowest BCUT2D eigenvalue weighted by Gasteiger charge is -2.26. The number of nitro groups is 1. The molecule has 1 aliphatic heterocycles. The maximum atomic E-state index is 13.3. The molecule has 1 unspecified atom stereocenters. The fourth-order valence-corrected chi connectivity index (χ4v) is 4.42. The van der Waals surface area contributed by atoms with Gasteiger partial charge in [-0.15, -0.1) is 0 Å². The van der Waals surface area contributed by atoms with Gasteiger partial charge in [-0.1, -0.05) is 54.1 Å². The minimum Gasteiger partial charge on any atom is -0.507 e. The molecule has 1 amide bonds. The molecule has 1 heterocycles. The van der Waals surface area contributed by atoms with Crippen molar-refractivity contribution in [3.05, 3.63) is 111 Å². The number of Topliss-reactive ketones (excluding diaryl/α,β-unsaturated/α-hetero) is 1. The lowest BCUT2D eigenvalue weighted by molar-refractivity contribution is -0.384. The van der Waals surface area contributed by atoms with Gasteiger partial charge in [-0.2, -0.15) is 0 Å². The van der Waals surface area contributed by atoms with E-state index in [9.17, 15) is 29.6 Å². The van der Waals surface area contributed by atoms with Crippen LogP contribution in [0.2, 0.25) is 0 Å². The van der Waals surface area contributed by atoms with Gasteiger partial charge >= 0.3 is 5.97 Å². The van der Waals surface area contributed by atoms with Gasteiger partial charge in [0.1, 0.15) is 5.76 Å². The number of rotatable bonds is 7. The van der Waals surface area contributed by atoms with Gasteiger partial charge in [0.05, 0.1) is 29.1 Å². The van der Waals surface area contributed by atoms with E-state index in [4.69, 9.17) is 4.74 Å². The summed E-state index contributed by atoms with van der Waals surface area (Å²) in [5.74, 6) is -2.65. The molecule has 4 rings (SSSR count). The highest BCUT2D eigenvalue weighted by Gasteiger charge is 2.47. The largest absolute Gasteiger partial charge is 0.507 e. The smallest absolute Gasteiger partial charge is 0.310 e. The number of amides is 1. The Kier molecular flexibility index (Phi) is 7.38. The monoisotopic (exact) mass is 514 g/mol. The Hall–Kier alpha value is -4.79. The number of hydrogen-bond acceptors (Lipinski definition) is 7. The first kappa shape index (κ1) is 26.3. The Labute approximate surface area is 219 Å². The SMILES string of the molecule is Cc1cccc(C2/C(=C(/O)c3cccc([N+](=O)[O-])c3)C(=O)C(=O)N2c2ccc(CC(=O)OC(C)C)cc2)c1. The van der Waals surface area contributed by atoms with E-state index in [0.29, 0.717) is 16.8 Å². The van der Waals surface area contributed by atoms with Crippen molar-refractivity contribution >= 4 is 34.8 Å². The Bertz CT molecular complexity index is 1460. The van der Waals surface area contributed by atoms with Gasteiger partial charge in [0.15, 0.2) is 0 Å². The van der Waals surface area contributed by atoms with Crippen molar-refractivity contribution in [3.63, 3.8) is 0 Å². The summed E-state index contributed by atoms with van der Waals surface area (Å²) in [6, 6.07) is 18.1. The second kappa shape index (κ2) is 10.7. The zero-order valence-corrected chi connectivity index (χ0v) is 21.1. The number of nitrogens with zero attached hydrogens (tertiary/aromatic N) is 2. The van der Waals surface area contributed by atoms with Crippen molar-refractivity contribution in [2.45, 2.75) is 39.3 Å². The first-order chi connectivity index (χ1) is 18.1. The Morgan fingerprint density at radius 1 is 1.05 bits per heavy atom. The van der Waals surface area contributed by atoms with E-state index in [1.54, 1.807) is 56.3 Å². The zero-order chi connectivity index (χ0) is 27.6. The second-order valence-electron chi connectivity index (χ2n) is 9.27. The second-order valence-corrected chi connectivity index (χ2v) is 9.27. The first-order valence-electron chi connectivity index (χ1n) is 12.0. The van der Waals surface area contributed by atoms with Crippen LogP contribution in [0.15, 0.2) is 78.4 Å². The van der Waals surface area contributed by atoms with E-state index in [1.165, 1.54) is 23.1 Å². The topological polar surface area (TPSA) is 127 Å². The lowest BCUT2D eigenvalue weighted by Crippen LogP contribution is -2.29. The molecule has 38 heavy (non-hydrogen) atoms. The van der Waals surface area contributed by atoms with Gasteiger partial charge in [-0.3, -0.25) is 29.4 Å². The van der Waals surface area contributed by atoms with E-state index in [0.717, 1.165) is 11.6 Å². The van der Waals surface area contributed by atoms with E-state index in [2.05, 4.69) is 0 Å². The predicted molar refractivity (Wildman–Crippen MR) is 140 cm³/mol. The van der Waals surface area contributed by atoms with Crippen LogP contribution in [0.3, 0.4) is 0 Å². The lowest BCUT2D eigenvalue weighted by atomic mass is 9.94. The molecular formula is C29H26N2O7.